The van der Waals surface area contributed by atoms with Gasteiger partial charge in [-0.15, -0.1) is 0 Å². The van der Waals surface area contributed by atoms with E-state index in [2.05, 4.69) is 5.32 Å². The van der Waals surface area contributed by atoms with Crippen molar-refractivity contribution in [1.29, 1.82) is 0 Å². The first-order valence-corrected chi connectivity index (χ1v) is 12.2. The third kappa shape index (κ3) is 5.88. The van der Waals surface area contributed by atoms with E-state index in [-0.39, 0.29) is 12.5 Å². The Morgan fingerprint density at radius 1 is 0.969 bits per heavy atom. The lowest BCUT2D eigenvalue weighted by Crippen LogP contribution is -2.29. The molecule has 0 saturated carbocycles. The summed E-state index contributed by atoms with van der Waals surface area (Å²) in [5, 5.41) is 2.85. The van der Waals surface area contributed by atoms with Gasteiger partial charge in [0.05, 0.1) is 25.1 Å². The molecule has 168 valence electrons. The Morgan fingerprint density at radius 2 is 1.69 bits per heavy atom. The van der Waals surface area contributed by atoms with E-state index in [4.69, 9.17) is 4.74 Å². The first-order valence-electron chi connectivity index (χ1n) is 10.4. The molecule has 0 aliphatic carbocycles. The van der Waals surface area contributed by atoms with Crippen molar-refractivity contribution in [3.63, 3.8) is 0 Å². The summed E-state index contributed by atoms with van der Waals surface area (Å²) in [6.45, 7) is 6.57. The molecule has 0 aliphatic heterocycles. The fraction of sp³-hybridized carbons (Fsp3) is 0.240. The maximum absolute atomic E-state index is 12.6. The number of nitrogens with one attached hydrogen (secondary N) is 1. The van der Waals surface area contributed by atoms with Crippen molar-refractivity contribution in [2.75, 3.05) is 22.5 Å². The summed E-state index contributed by atoms with van der Waals surface area (Å²) in [5.41, 5.74) is 4.65. The Hall–Kier alpha value is -3.32. The normalized spacial score (nSPS) is 11.1. The summed E-state index contributed by atoms with van der Waals surface area (Å²) in [6.07, 6.45) is 1.19. The maximum Gasteiger partial charge on any atom is 0.255 e. The molecule has 0 saturated heterocycles. The van der Waals surface area contributed by atoms with Crippen molar-refractivity contribution in [3.8, 4) is 5.75 Å². The predicted octanol–water partition coefficient (Wildman–Crippen LogP) is 4.92. The van der Waals surface area contributed by atoms with E-state index in [1.807, 2.05) is 51.1 Å². The van der Waals surface area contributed by atoms with E-state index >= 15 is 0 Å². The fourth-order valence-corrected chi connectivity index (χ4v) is 4.12. The van der Waals surface area contributed by atoms with Gasteiger partial charge >= 0.3 is 0 Å². The van der Waals surface area contributed by atoms with Crippen molar-refractivity contribution in [2.45, 2.75) is 27.3 Å². The smallest absolute Gasteiger partial charge is 0.255 e. The molecule has 3 aromatic rings. The summed E-state index contributed by atoms with van der Waals surface area (Å²) < 4.78 is 31.7. The third-order valence-electron chi connectivity index (χ3n) is 5.12. The van der Waals surface area contributed by atoms with Crippen LogP contribution in [0.2, 0.25) is 0 Å². The van der Waals surface area contributed by atoms with Crippen molar-refractivity contribution < 1.29 is 17.9 Å². The summed E-state index contributed by atoms with van der Waals surface area (Å²) >= 11 is 0. The first kappa shape index (κ1) is 23.3. The highest BCUT2D eigenvalue weighted by Crippen LogP contribution is 2.24. The Labute approximate surface area is 189 Å². The number of sulfonamides is 1. The molecule has 1 N–H and O–H groups in total. The van der Waals surface area contributed by atoms with Crippen molar-refractivity contribution >= 4 is 27.3 Å². The molecule has 6 nitrogen and oxygen atoms in total. The van der Waals surface area contributed by atoms with Crippen LogP contribution in [0.3, 0.4) is 0 Å². The standard InChI is InChI=1S/C25H28N2O4S/c1-5-31-24-8-6-7-22(16-24)26-25(28)21-12-10-20(11-13-21)17-27(32(4,29)30)23-14-9-18(2)19(3)15-23/h6-16H,5,17H2,1-4H3,(H,26,28). The van der Waals surface area contributed by atoms with Crippen LogP contribution < -0.4 is 14.4 Å². The van der Waals surface area contributed by atoms with E-state index in [0.717, 1.165) is 16.7 Å². The zero-order valence-electron chi connectivity index (χ0n) is 18.8. The summed E-state index contributed by atoms with van der Waals surface area (Å²) in [6, 6.07) is 19.7. The minimum absolute atomic E-state index is 0.180. The Morgan fingerprint density at radius 3 is 2.31 bits per heavy atom. The molecule has 0 spiro atoms. The van der Waals surface area contributed by atoms with Gasteiger partial charge in [-0.2, -0.15) is 0 Å². The number of anilines is 2. The van der Waals surface area contributed by atoms with Crippen LogP contribution in [0.5, 0.6) is 5.75 Å². The lowest BCUT2D eigenvalue weighted by atomic mass is 10.1. The number of aryl methyl sites for hydroxylation is 2. The summed E-state index contributed by atoms with van der Waals surface area (Å²) in [5.74, 6) is 0.437. The molecular weight excluding hydrogens is 424 g/mol. The van der Waals surface area contributed by atoms with Crippen LogP contribution in [0, 0.1) is 13.8 Å². The highest BCUT2D eigenvalue weighted by atomic mass is 32.2. The molecule has 0 aromatic heterocycles. The van der Waals surface area contributed by atoms with Crippen molar-refractivity contribution in [3.05, 3.63) is 89.0 Å². The Kier molecular flexibility index (Phi) is 7.20. The van der Waals surface area contributed by atoms with Gasteiger partial charge in [0.15, 0.2) is 0 Å². The highest BCUT2D eigenvalue weighted by molar-refractivity contribution is 7.92. The number of hydrogen-bond donors (Lipinski definition) is 1. The van der Waals surface area contributed by atoms with Gasteiger partial charge in [-0.3, -0.25) is 9.10 Å². The number of rotatable bonds is 8. The quantitative estimate of drug-likeness (QED) is 0.526. The molecule has 3 aromatic carbocycles. The molecule has 0 aliphatic rings. The minimum Gasteiger partial charge on any atom is -0.494 e. The molecule has 3 rings (SSSR count). The van der Waals surface area contributed by atoms with Gasteiger partial charge in [-0.05, 0) is 73.9 Å². The number of nitrogens with zero attached hydrogens (tertiary/aromatic N) is 1. The van der Waals surface area contributed by atoms with E-state index in [9.17, 15) is 13.2 Å². The second-order valence-electron chi connectivity index (χ2n) is 7.65. The van der Waals surface area contributed by atoms with Gasteiger partial charge in [0, 0.05) is 17.3 Å². The first-order chi connectivity index (χ1) is 15.2. The number of amides is 1. The van der Waals surface area contributed by atoms with Crippen LogP contribution in [0.25, 0.3) is 0 Å². The van der Waals surface area contributed by atoms with Gasteiger partial charge < -0.3 is 10.1 Å². The molecule has 0 heterocycles. The van der Waals surface area contributed by atoms with Crippen LogP contribution in [0.1, 0.15) is 34.0 Å². The van der Waals surface area contributed by atoms with Crippen LogP contribution in [-0.4, -0.2) is 27.2 Å². The van der Waals surface area contributed by atoms with Crippen LogP contribution in [-0.2, 0) is 16.6 Å². The molecule has 0 unspecified atom stereocenters. The number of hydrogen-bond acceptors (Lipinski definition) is 4. The largest absolute Gasteiger partial charge is 0.494 e. The molecule has 0 fully saturated rings. The Bertz CT molecular complexity index is 1200. The van der Waals surface area contributed by atoms with Crippen LogP contribution >= 0.6 is 0 Å². The summed E-state index contributed by atoms with van der Waals surface area (Å²) in [7, 11) is -3.48. The molecule has 7 heteroatoms. The molecule has 1 amide bonds. The minimum atomic E-state index is -3.48. The lowest BCUT2D eigenvalue weighted by Gasteiger charge is -2.23. The maximum atomic E-state index is 12.6. The van der Waals surface area contributed by atoms with E-state index < -0.39 is 10.0 Å². The lowest BCUT2D eigenvalue weighted by molar-refractivity contribution is 0.102. The van der Waals surface area contributed by atoms with Crippen molar-refractivity contribution in [1.82, 2.24) is 0 Å². The van der Waals surface area contributed by atoms with E-state index in [0.29, 0.717) is 29.3 Å². The monoisotopic (exact) mass is 452 g/mol. The van der Waals surface area contributed by atoms with Gasteiger partial charge in [0.1, 0.15) is 5.75 Å². The van der Waals surface area contributed by atoms with Crippen molar-refractivity contribution in [2.24, 2.45) is 0 Å². The van der Waals surface area contributed by atoms with Gasteiger partial charge in [-0.1, -0.05) is 24.3 Å². The Balaban J connectivity index is 1.75. The fourth-order valence-electron chi connectivity index (χ4n) is 3.24. The average molecular weight is 453 g/mol. The second-order valence-corrected chi connectivity index (χ2v) is 9.56. The molecular formula is C25H28N2O4S. The average Bonchev–Trinajstić information content (AvgIpc) is 2.74. The second kappa shape index (κ2) is 9.87. The number of benzene rings is 3. The van der Waals surface area contributed by atoms with Gasteiger partial charge in [0.25, 0.3) is 5.91 Å². The molecule has 32 heavy (non-hydrogen) atoms. The topological polar surface area (TPSA) is 75.7 Å². The zero-order valence-corrected chi connectivity index (χ0v) is 19.6. The number of carbonyl (C=O) groups excluding carboxylic acids is 1. The zero-order chi connectivity index (χ0) is 23.3. The SMILES string of the molecule is CCOc1cccc(NC(=O)c2ccc(CN(c3ccc(C)c(C)c3)S(C)(=O)=O)cc2)c1. The van der Waals surface area contributed by atoms with Gasteiger partial charge in [0.2, 0.25) is 10.0 Å². The number of ether oxygens (including phenoxy) is 1. The number of carbonyl (C=O) groups is 1. The van der Waals surface area contributed by atoms with Crippen LogP contribution in [0.4, 0.5) is 11.4 Å². The van der Waals surface area contributed by atoms with E-state index in [1.54, 1.807) is 36.4 Å². The third-order valence-corrected chi connectivity index (χ3v) is 6.26. The predicted molar refractivity (Wildman–Crippen MR) is 129 cm³/mol. The molecule has 0 bridgehead atoms. The molecule has 0 radical (unpaired) electrons. The highest BCUT2D eigenvalue weighted by Gasteiger charge is 2.18. The van der Waals surface area contributed by atoms with Crippen LogP contribution in [0.15, 0.2) is 66.7 Å². The summed E-state index contributed by atoms with van der Waals surface area (Å²) in [4.78, 5) is 12.6. The van der Waals surface area contributed by atoms with Gasteiger partial charge in [-0.25, -0.2) is 8.42 Å². The van der Waals surface area contributed by atoms with E-state index in [1.165, 1.54) is 10.6 Å². The molecule has 0 atom stereocenters.